The maximum absolute atomic E-state index is 12.7. The van der Waals surface area contributed by atoms with Gasteiger partial charge in [-0.05, 0) is 44.9 Å². The lowest BCUT2D eigenvalue weighted by Gasteiger charge is -2.24. The van der Waals surface area contributed by atoms with Gasteiger partial charge < -0.3 is 24.0 Å². The smallest absolute Gasteiger partial charge is 0.462 e. The largest absolute Gasteiger partial charge is 0.472 e. The number of hydrogen-bond donors (Lipinski definition) is 2. The van der Waals surface area contributed by atoms with E-state index in [1.165, 1.54) is 96.3 Å². The molecule has 364 valence electrons. The number of ether oxygens (including phenoxy) is 2. The summed E-state index contributed by atoms with van der Waals surface area (Å²) in [6.07, 6.45) is 51.4. The average Bonchev–Trinajstić information content (AvgIpc) is 3.24. The third-order valence-electron chi connectivity index (χ3n) is 10.4. The summed E-state index contributed by atoms with van der Waals surface area (Å²) in [5.74, 6) is -1.08. The molecule has 63 heavy (non-hydrogen) atoms. The third-order valence-corrected chi connectivity index (χ3v) is 11.4. The third kappa shape index (κ3) is 47.2. The second kappa shape index (κ2) is 43.3. The van der Waals surface area contributed by atoms with Gasteiger partial charge >= 0.3 is 19.8 Å². The van der Waals surface area contributed by atoms with Crippen LogP contribution < -0.4 is 0 Å². The van der Waals surface area contributed by atoms with E-state index in [4.69, 9.17) is 18.5 Å². The van der Waals surface area contributed by atoms with E-state index in [0.717, 1.165) is 51.4 Å². The average molecular weight is 907 g/mol. The monoisotopic (exact) mass is 907 g/mol. The Morgan fingerprint density at radius 2 is 1.03 bits per heavy atom. The van der Waals surface area contributed by atoms with Gasteiger partial charge in [0.2, 0.25) is 0 Å². The molecular formula is C52H93NO9P+. The predicted molar refractivity (Wildman–Crippen MR) is 262 cm³/mol. The Hall–Kier alpha value is -2.59. The molecule has 0 aromatic heterocycles. The molecule has 0 saturated heterocycles. The summed E-state index contributed by atoms with van der Waals surface area (Å²) in [6.45, 7) is 4.04. The molecule has 0 radical (unpaired) electrons. The summed E-state index contributed by atoms with van der Waals surface area (Å²) in [7, 11) is 1.33. The zero-order valence-corrected chi connectivity index (χ0v) is 41.5. The molecule has 10 nitrogen and oxygen atoms in total. The fraction of sp³-hybridized carbons (Fsp3) is 0.731. The number of carbonyl (C=O) groups is 2. The molecule has 0 amide bonds. The number of phosphoric acid groups is 1. The SMILES string of the molecule is CC/C=C\C/C=C\C/C=C\C/C=C\C/C=C\C=C/C(O)CCC(=O)O[C@H](COC(=O)CCCCCCCCCCCCCCCCCCCCC)COP(=O)(O)OCC[N+](C)(C)C. The van der Waals surface area contributed by atoms with E-state index in [9.17, 15) is 24.2 Å². The molecule has 0 aliphatic rings. The molecule has 11 heteroatoms. The Labute approximate surface area is 385 Å². The van der Waals surface area contributed by atoms with Crippen LogP contribution >= 0.6 is 7.82 Å². The predicted octanol–water partition coefficient (Wildman–Crippen LogP) is 13.6. The second-order valence-electron chi connectivity index (χ2n) is 17.7. The van der Waals surface area contributed by atoms with E-state index in [1.807, 2.05) is 33.3 Å². The van der Waals surface area contributed by atoms with Crippen molar-refractivity contribution < 1.29 is 47.2 Å². The number of likely N-dealkylation sites (N-methyl/N-ethyl adjacent to an activating group) is 1. The number of esters is 2. The van der Waals surface area contributed by atoms with Gasteiger partial charge in [0.15, 0.2) is 6.10 Å². The van der Waals surface area contributed by atoms with Crippen molar-refractivity contribution in [1.82, 2.24) is 0 Å². The first-order valence-corrected chi connectivity index (χ1v) is 26.3. The van der Waals surface area contributed by atoms with Gasteiger partial charge in [0.1, 0.15) is 19.8 Å². The maximum Gasteiger partial charge on any atom is 0.472 e. The summed E-state index contributed by atoms with van der Waals surface area (Å²) < 4.78 is 34.2. The highest BCUT2D eigenvalue weighted by atomic mass is 31.2. The lowest BCUT2D eigenvalue weighted by molar-refractivity contribution is -0.870. The fourth-order valence-corrected chi connectivity index (χ4v) is 7.22. The Bertz CT molecular complexity index is 1320. The number of phosphoric ester groups is 1. The Kier molecular flexibility index (Phi) is 41.5. The van der Waals surface area contributed by atoms with Gasteiger partial charge in [-0.3, -0.25) is 18.6 Å². The standard InChI is InChI=1S/C52H92NO9P/c1-6-8-10-12-14-16-18-20-22-24-25-26-28-30-32-34-36-38-40-42-51(55)59-47-50(48-61-63(57,58)60-46-45-53(3,4)5)62-52(56)44-43-49(54)41-39-37-35-33-31-29-27-23-21-19-17-15-13-11-9-7-2/h9,11,15,17,21,23,29,31,35,37,39,41,49-50,54H,6-8,10,12-14,16,18-20,22,24-28,30,32-34,36,38,40,42-48H2,1-5H3/p+1/b11-9-,17-15-,23-21-,31-29-,37-35-,41-39-/t49?,50-/m1/s1. The van der Waals surface area contributed by atoms with E-state index < -0.39 is 38.6 Å². The van der Waals surface area contributed by atoms with Gasteiger partial charge in [-0.15, -0.1) is 0 Å². The summed E-state index contributed by atoms with van der Waals surface area (Å²) in [5.41, 5.74) is 0. The molecule has 0 spiro atoms. The van der Waals surface area contributed by atoms with E-state index >= 15 is 0 Å². The minimum Gasteiger partial charge on any atom is -0.462 e. The summed E-state index contributed by atoms with van der Waals surface area (Å²) in [5, 5.41) is 10.4. The van der Waals surface area contributed by atoms with Crippen LogP contribution in [0.2, 0.25) is 0 Å². The molecule has 2 unspecified atom stereocenters. The van der Waals surface area contributed by atoms with Crippen LogP contribution in [0.4, 0.5) is 0 Å². The Morgan fingerprint density at radius 3 is 1.51 bits per heavy atom. The number of aliphatic hydroxyl groups excluding tert-OH is 1. The summed E-state index contributed by atoms with van der Waals surface area (Å²) in [6, 6.07) is 0. The topological polar surface area (TPSA) is 129 Å². The molecule has 2 N–H and O–H groups in total. The highest BCUT2D eigenvalue weighted by molar-refractivity contribution is 7.47. The van der Waals surface area contributed by atoms with Crippen LogP contribution in [0.25, 0.3) is 0 Å². The molecule has 3 atom stereocenters. The van der Waals surface area contributed by atoms with Gasteiger partial charge in [-0.25, -0.2) is 4.57 Å². The summed E-state index contributed by atoms with van der Waals surface area (Å²) in [4.78, 5) is 35.5. The number of hydrogen-bond acceptors (Lipinski definition) is 8. The van der Waals surface area contributed by atoms with Crippen molar-refractivity contribution in [2.45, 2.75) is 199 Å². The van der Waals surface area contributed by atoms with Crippen molar-refractivity contribution in [3.63, 3.8) is 0 Å². The minimum absolute atomic E-state index is 0.0127. The number of carbonyl (C=O) groups excluding carboxylic acids is 2. The summed E-state index contributed by atoms with van der Waals surface area (Å²) >= 11 is 0. The Balaban J connectivity index is 4.49. The molecule has 0 aliphatic carbocycles. The number of rotatable bonds is 44. The number of unbranched alkanes of at least 4 members (excludes halogenated alkanes) is 18. The van der Waals surface area contributed by atoms with Crippen LogP contribution in [-0.2, 0) is 32.7 Å². The molecule has 0 saturated carbocycles. The van der Waals surface area contributed by atoms with E-state index in [2.05, 4.69) is 62.5 Å². The fourth-order valence-electron chi connectivity index (χ4n) is 6.48. The van der Waals surface area contributed by atoms with Crippen LogP contribution in [0.5, 0.6) is 0 Å². The van der Waals surface area contributed by atoms with Gasteiger partial charge in [0, 0.05) is 12.8 Å². The zero-order valence-electron chi connectivity index (χ0n) is 40.6. The van der Waals surface area contributed by atoms with Gasteiger partial charge in [-0.2, -0.15) is 0 Å². The van der Waals surface area contributed by atoms with Crippen molar-refractivity contribution in [3.05, 3.63) is 72.9 Å². The van der Waals surface area contributed by atoms with E-state index in [-0.39, 0.29) is 32.5 Å². The molecule has 0 aliphatic heterocycles. The van der Waals surface area contributed by atoms with Crippen LogP contribution in [0.3, 0.4) is 0 Å². The molecule has 0 aromatic carbocycles. The molecule has 0 heterocycles. The minimum atomic E-state index is -4.45. The van der Waals surface area contributed by atoms with Gasteiger partial charge in [0.05, 0.1) is 33.9 Å². The normalized spacial score (nSPS) is 14.6. The van der Waals surface area contributed by atoms with Crippen LogP contribution in [-0.4, -0.2) is 86.1 Å². The van der Waals surface area contributed by atoms with E-state index in [0.29, 0.717) is 17.4 Å². The zero-order chi connectivity index (χ0) is 46.5. The number of allylic oxidation sites excluding steroid dienone is 11. The van der Waals surface area contributed by atoms with Crippen molar-refractivity contribution >= 4 is 19.8 Å². The van der Waals surface area contributed by atoms with E-state index in [1.54, 1.807) is 12.2 Å². The van der Waals surface area contributed by atoms with Crippen LogP contribution in [0.1, 0.15) is 187 Å². The van der Waals surface area contributed by atoms with Crippen LogP contribution in [0.15, 0.2) is 72.9 Å². The molecule has 0 fully saturated rings. The second-order valence-corrected chi connectivity index (χ2v) is 19.1. The quantitative estimate of drug-likeness (QED) is 0.0153. The maximum atomic E-state index is 12.7. The molecular weight excluding hydrogens is 814 g/mol. The highest BCUT2D eigenvalue weighted by Crippen LogP contribution is 2.43. The van der Waals surface area contributed by atoms with Crippen molar-refractivity contribution in [2.75, 3.05) is 47.5 Å². The van der Waals surface area contributed by atoms with Crippen molar-refractivity contribution in [3.8, 4) is 0 Å². The number of quaternary nitrogens is 1. The van der Waals surface area contributed by atoms with Gasteiger partial charge in [0.25, 0.3) is 0 Å². The van der Waals surface area contributed by atoms with Crippen LogP contribution in [0, 0.1) is 0 Å². The lowest BCUT2D eigenvalue weighted by Crippen LogP contribution is -2.37. The first-order chi connectivity index (χ1) is 30.4. The molecule has 0 rings (SSSR count). The van der Waals surface area contributed by atoms with Gasteiger partial charge in [-0.1, -0.05) is 202 Å². The number of nitrogens with zero attached hydrogens (tertiary/aromatic N) is 1. The molecule has 0 aromatic rings. The lowest BCUT2D eigenvalue weighted by atomic mass is 10.0. The first-order valence-electron chi connectivity index (χ1n) is 24.8. The first kappa shape index (κ1) is 60.4. The van der Waals surface area contributed by atoms with Crippen molar-refractivity contribution in [2.24, 2.45) is 0 Å². The van der Waals surface area contributed by atoms with Crippen molar-refractivity contribution in [1.29, 1.82) is 0 Å². The molecule has 0 bridgehead atoms. The highest BCUT2D eigenvalue weighted by Gasteiger charge is 2.27. The Morgan fingerprint density at radius 1 is 0.571 bits per heavy atom. The number of aliphatic hydroxyl groups is 1.